The van der Waals surface area contributed by atoms with Crippen LogP contribution in [0.4, 0.5) is 0 Å². The van der Waals surface area contributed by atoms with Crippen molar-refractivity contribution in [3.8, 4) is 0 Å². The minimum atomic E-state index is -0.120. The normalized spacial score (nSPS) is 26.4. The van der Waals surface area contributed by atoms with Crippen molar-refractivity contribution in [1.82, 2.24) is 10.2 Å². The average molecular weight is 271 g/mol. The van der Waals surface area contributed by atoms with E-state index in [2.05, 4.69) is 24.1 Å². The first kappa shape index (κ1) is 16.4. The van der Waals surface area contributed by atoms with Gasteiger partial charge in [0.15, 0.2) is 0 Å². The number of piperidine rings is 1. The van der Waals surface area contributed by atoms with Crippen LogP contribution in [0.5, 0.6) is 0 Å². The zero-order chi connectivity index (χ0) is 14.4. The van der Waals surface area contributed by atoms with Crippen LogP contribution in [0.3, 0.4) is 0 Å². The number of likely N-dealkylation sites (tertiary alicyclic amines) is 1. The van der Waals surface area contributed by atoms with Gasteiger partial charge in [-0.25, -0.2) is 0 Å². The summed E-state index contributed by atoms with van der Waals surface area (Å²) < 4.78 is 5.41. The zero-order valence-corrected chi connectivity index (χ0v) is 12.7. The molecule has 0 saturated carbocycles. The number of carbonyl (C=O) groups excluding carboxylic acids is 1. The lowest BCUT2D eigenvalue weighted by molar-refractivity contribution is -0.128. The molecule has 0 spiro atoms. The van der Waals surface area contributed by atoms with Gasteiger partial charge >= 0.3 is 0 Å². The molecule has 1 aliphatic heterocycles. The maximum atomic E-state index is 12.1. The molecule has 0 aliphatic carbocycles. The summed E-state index contributed by atoms with van der Waals surface area (Å²) >= 11 is 0. The molecule has 112 valence electrons. The minimum absolute atomic E-state index is 0.100. The van der Waals surface area contributed by atoms with Crippen LogP contribution in [0.15, 0.2) is 0 Å². The van der Waals surface area contributed by atoms with E-state index in [9.17, 15) is 4.79 Å². The highest BCUT2D eigenvalue weighted by atomic mass is 16.5. The Kier molecular flexibility index (Phi) is 6.75. The maximum Gasteiger partial charge on any atom is 0.237 e. The van der Waals surface area contributed by atoms with E-state index in [4.69, 9.17) is 10.5 Å². The van der Waals surface area contributed by atoms with E-state index in [0.29, 0.717) is 12.5 Å². The van der Waals surface area contributed by atoms with Gasteiger partial charge in [0.05, 0.1) is 12.1 Å². The van der Waals surface area contributed by atoms with Gasteiger partial charge in [0.2, 0.25) is 5.91 Å². The molecule has 5 heteroatoms. The molecule has 0 bridgehead atoms. The average Bonchev–Trinajstić information content (AvgIpc) is 2.42. The number of ether oxygens (including phenoxy) is 1. The second-order valence-electron chi connectivity index (χ2n) is 5.82. The van der Waals surface area contributed by atoms with Gasteiger partial charge < -0.3 is 15.8 Å². The summed E-state index contributed by atoms with van der Waals surface area (Å²) in [5.74, 6) is 0.573. The second-order valence-corrected chi connectivity index (χ2v) is 5.82. The molecule has 5 nitrogen and oxygen atoms in total. The molecule has 19 heavy (non-hydrogen) atoms. The third kappa shape index (κ3) is 4.75. The van der Waals surface area contributed by atoms with Gasteiger partial charge in [-0.15, -0.1) is 0 Å². The molecular formula is C14H29N3O2. The number of carbonyl (C=O) groups is 1. The third-order valence-electron chi connectivity index (χ3n) is 3.88. The quantitative estimate of drug-likeness (QED) is 0.742. The highest BCUT2D eigenvalue weighted by molar-refractivity contribution is 5.81. The lowest BCUT2D eigenvalue weighted by atomic mass is 9.97. The number of nitrogens with two attached hydrogens (primary N) is 1. The number of methoxy groups -OCH3 is 1. The van der Waals surface area contributed by atoms with Crippen molar-refractivity contribution in [3.05, 3.63) is 0 Å². The first-order valence-corrected chi connectivity index (χ1v) is 7.25. The van der Waals surface area contributed by atoms with Crippen molar-refractivity contribution >= 4 is 5.91 Å². The summed E-state index contributed by atoms with van der Waals surface area (Å²) in [6.45, 7) is 8.32. The number of nitrogens with zero attached hydrogens (tertiary/aromatic N) is 1. The van der Waals surface area contributed by atoms with Crippen LogP contribution in [-0.4, -0.2) is 55.7 Å². The Hall–Kier alpha value is -0.650. The predicted octanol–water partition coefficient (Wildman–Crippen LogP) is 0.585. The van der Waals surface area contributed by atoms with Gasteiger partial charge in [0, 0.05) is 32.8 Å². The molecule has 1 fully saturated rings. The van der Waals surface area contributed by atoms with Gasteiger partial charge in [-0.1, -0.05) is 13.8 Å². The van der Waals surface area contributed by atoms with E-state index < -0.39 is 0 Å². The van der Waals surface area contributed by atoms with Crippen LogP contribution >= 0.6 is 0 Å². The molecule has 3 N–H and O–H groups in total. The number of hydrogen-bond donors (Lipinski definition) is 2. The van der Waals surface area contributed by atoms with Crippen LogP contribution in [0.2, 0.25) is 0 Å². The van der Waals surface area contributed by atoms with E-state index in [0.717, 1.165) is 25.9 Å². The first-order valence-electron chi connectivity index (χ1n) is 7.25. The Balaban J connectivity index is 2.54. The van der Waals surface area contributed by atoms with E-state index in [-0.39, 0.29) is 24.1 Å². The molecule has 0 aromatic rings. The lowest BCUT2D eigenvalue weighted by Gasteiger charge is -2.41. The van der Waals surface area contributed by atoms with Gasteiger partial charge in [-0.3, -0.25) is 9.69 Å². The van der Waals surface area contributed by atoms with E-state index in [1.165, 1.54) is 0 Å². The standard InChI is InChI=1S/C14H29N3O2/c1-10(2)9-16-14(18)11(3)17-6-5-13(19-4)7-12(17)8-15/h10-13H,5-9,15H2,1-4H3,(H,16,18). The molecule has 1 heterocycles. The zero-order valence-electron chi connectivity index (χ0n) is 12.7. The summed E-state index contributed by atoms with van der Waals surface area (Å²) in [4.78, 5) is 14.3. The largest absolute Gasteiger partial charge is 0.381 e. The van der Waals surface area contributed by atoms with Crippen molar-refractivity contribution in [2.75, 3.05) is 26.7 Å². The maximum absolute atomic E-state index is 12.1. The summed E-state index contributed by atoms with van der Waals surface area (Å²) in [5, 5.41) is 3.00. The number of amides is 1. The van der Waals surface area contributed by atoms with Crippen LogP contribution < -0.4 is 11.1 Å². The molecule has 1 aliphatic rings. The molecule has 1 amide bonds. The van der Waals surface area contributed by atoms with Crippen molar-refractivity contribution in [3.63, 3.8) is 0 Å². The SMILES string of the molecule is COC1CCN(C(C)C(=O)NCC(C)C)C(CN)C1. The van der Waals surface area contributed by atoms with Crippen LogP contribution in [-0.2, 0) is 9.53 Å². The van der Waals surface area contributed by atoms with Gasteiger partial charge in [-0.2, -0.15) is 0 Å². The fourth-order valence-electron chi connectivity index (χ4n) is 2.59. The topological polar surface area (TPSA) is 67.6 Å². The lowest BCUT2D eigenvalue weighted by Crippen LogP contribution is -2.56. The minimum Gasteiger partial charge on any atom is -0.381 e. The molecule has 0 aromatic carbocycles. The molecule has 1 rings (SSSR count). The predicted molar refractivity (Wildman–Crippen MR) is 76.9 cm³/mol. The highest BCUT2D eigenvalue weighted by Gasteiger charge is 2.33. The van der Waals surface area contributed by atoms with E-state index in [1.54, 1.807) is 7.11 Å². The summed E-state index contributed by atoms with van der Waals surface area (Å²) in [6.07, 6.45) is 2.15. The molecular weight excluding hydrogens is 242 g/mol. The van der Waals surface area contributed by atoms with Crippen LogP contribution in [0, 0.1) is 5.92 Å². The smallest absolute Gasteiger partial charge is 0.237 e. The van der Waals surface area contributed by atoms with Crippen molar-refractivity contribution in [2.24, 2.45) is 11.7 Å². The molecule has 1 saturated heterocycles. The molecule has 3 atom stereocenters. The summed E-state index contributed by atoms with van der Waals surface area (Å²) in [6, 6.07) is 0.114. The molecule has 0 radical (unpaired) electrons. The monoisotopic (exact) mass is 271 g/mol. The van der Waals surface area contributed by atoms with Gasteiger partial charge in [-0.05, 0) is 25.7 Å². The Bertz CT molecular complexity index is 284. The fourth-order valence-corrected chi connectivity index (χ4v) is 2.59. The highest BCUT2D eigenvalue weighted by Crippen LogP contribution is 2.21. The number of hydrogen-bond acceptors (Lipinski definition) is 4. The summed E-state index contributed by atoms with van der Waals surface area (Å²) in [5.41, 5.74) is 5.84. The van der Waals surface area contributed by atoms with Crippen molar-refractivity contribution < 1.29 is 9.53 Å². The molecule has 0 aromatic heterocycles. The Morgan fingerprint density at radius 3 is 2.68 bits per heavy atom. The van der Waals surface area contributed by atoms with Gasteiger partial charge in [0.1, 0.15) is 0 Å². The van der Waals surface area contributed by atoms with Crippen molar-refractivity contribution in [2.45, 2.75) is 51.8 Å². The van der Waals surface area contributed by atoms with E-state index >= 15 is 0 Å². The number of rotatable bonds is 6. The first-order chi connectivity index (χ1) is 8.99. The summed E-state index contributed by atoms with van der Waals surface area (Å²) in [7, 11) is 1.74. The third-order valence-corrected chi connectivity index (χ3v) is 3.88. The Morgan fingerprint density at radius 2 is 2.16 bits per heavy atom. The van der Waals surface area contributed by atoms with Gasteiger partial charge in [0.25, 0.3) is 0 Å². The Morgan fingerprint density at radius 1 is 1.47 bits per heavy atom. The van der Waals surface area contributed by atoms with E-state index in [1.807, 2.05) is 6.92 Å². The fraction of sp³-hybridized carbons (Fsp3) is 0.929. The molecule has 3 unspecified atom stereocenters. The van der Waals surface area contributed by atoms with Crippen molar-refractivity contribution in [1.29, 1.82) is 0 Å². The Labute approximate surface area is 116 Å². The second kappa shape index (κ2) is 7.82. The van der Waals surface area contributed by atoms with Crippen LogP contribution in [0.25, 0.3) is 0 Å². The number of nitrogens with one attached hydrogen (secondary N) is 1. The van der Waals surface area contributed by atoms with Crippen LogP contribution in [0.1, 0.15) is 33.6 Å².